The van der Waals surface area contributed by atoms with Gasteiger partial charge in [0.05, 0.1) is 15.1 Å². The molecule has 72 valence electrons. The van der Waals surface area contributed by atoms with Crippen LogP contribution < -0.4 is 0 Å². The van der Waals surface area contributed by atoms with Crippen LogP contribution in [0.2, 0.25) is 0 Å². The zero-order valence-corrected chi connectivity index (χ0v) is 8.74. The van der Waals surface area contributed by atoms with E-state index in [2.05, 4.69) is 20.9 Å². The fourth-order valence-electron chi connectivity index (χ4n) is 0.987. The van der Waals surface area contributed by atoms with E-state index in [4.69, 9.17) is 0 Å². The number of halogens is 1. The van der Waals surface area contributed by atoms with E-state index in [0.717, 1.165) is 0 Å². The van der Waals surface area contributed by atoms with E-state index in [0.29, 0.717) is 15.7 Å². The van der Waals surface area contributed by atoms with E-state index < -0.39 is 4.92 Å². The van der Waals surface area contributed by atoms with Crippen LogP contribution >= 0.6 is 15.9 Å². The Morgan fingerprint density at radius 2 is 2.21 bits per heavy atom. The van der Waals surface area contributed by atoms with Crippen molar-refractivity contribution in [3.63, 3.8) is 0 Å². The Bertz CT molecular complexity index is 411. The quantitative estimate of drug-likeness (QED) is 0.354. The van der Waals surface area contributed by atoms with Crippen LogP contribution in [0.1, 0.15) is 5.56 Å². The molecule has 1 rings (SSSR count). The maximum Gasteiger partial charge on any atom is 0.273 e. The van der Waals surface area contributed by atoms with Gasteiger partial charge in [0, 0.05) is 11.6 Å². The SMILES string of the molecule is Cc1cc(N=C=O)c(Br)cc1[N+](=O)[O-]. The van der Waals surface area contributed by atoms with Gasteiger partial charge in [-0.1, -0.05) is 0 Å². The minimum Gasteiger partial charge on any atom is -0.258 e. The monoisotopic (exact) mass is 256 g/mol. The molecule has 5 nitrogen and oxygen atoms in total. The van der Waals surface area contributed by atoms with E-state index >= 15 is 0 Å². The highest BCUT2D eigenvalue weighted by Gasteiger charge is 2.13. The summed E-state index contributed by atoms with van der Waals surface area (Å²) in [6, 6.07) is 2.76. The zero-order chi connectivity index (χ0) is 10.7. The van der Waals surface area contributed by atoms with Crippen molar-refractivity contribution in [1.29, 1.82) is 0 Å². The van der Waals surface area contributed by atoms with Crippen molar-refractivity contribution in [2.45, 2.75) is 6.92 Å². The van der Waals surface area contributed by atoms with E-state index in [9.17, 15) is 14.9 Å². The first-order valence-corrected chi connectivity index (χ1v) is 4.38. The maximum atomic E-state index is 10.5. The number of isocyanates is 1. The summed E-state index contributed by atoms with van der Waals surface area (Å²) < 4.78 is 0.401. The third-order valence-electron chi connectivity index (χ3n) is 1.63. The lowest BCUT2D eigenvalue weighted by Crippen LogP contribution is -1.91. The van der Waals surface area contributed by atoms with Crippen LogP contribution in [0.5, 0.6) is 0 Å². The minimum absolute atomic E-state index is 0.0123. The Morgan fingerprint density at radius 3 is 2.71 bits per heavy atom. The Morgan fingerprint density at radius 1 is 1.57 bits per heavy atom. The molecule has 0 radical (unpaired) electrons. The van der Waals surface area contributed by atoms with E-state index in [1.165, 1.54) is 18.2 Å². The van der Waals surface area contributed by atoms with E-state index in [1.54, 1.807) is 6.92 Å². The second kappa shape index (κ2) is 4.13. The maximum absolute atomic E-state index is 10.5. The molecule has 0 aromatic heterocycles. The number of nitro benzene ring substituents is 1. The van der Waals surface area contributed by atoms with E-state index in [-0.39, 0.29) is 5.69 Å². The van der Waals surface area contributed by atoms with Gasteiger partial charge in [0.15, 0.2) is 0 Å². The second-order valence-corrected chi connectivity index (χ2v) is 3.40. The summed E-state index contributed by atoms with van der Waals surface area (Å²) in [6.45, 7) is 1.58. The number of carbonyl (C=O) groups excluding carboxylic acids is 1. The molecule has 0 saturated carbocycles. The van der Waals surface area contributed by atoms with Crippen molar-refractivity contribution < 1.29 is 9.72 Å². The van der Waals surface area contributed by atoms with Crippen molar-refractivity contribution in [2.24, 2.45) is 4.99 Å². The Balaban J connectivity index is 3.37. The molecule has 0 spiro atoms. The molecule has 0 heterocycles. The number of nitro groups is 1. The number of rotatable bonds is 2. The van der Waals surface area contributed by atoms with Crippen LogP contribution in [0.25, 0.3) is 0 Å². The predicted octanol–water partition coefficient (Wildman–Crippen LogP) is 2.63. The first kappa shape index (κ1) is 10.6. The number of nitrogens with zero attached hydrogens (tertiary/aromatic N) is 2. The van der Waals surface area contributed by atoms with Gasteiger partial charge in [0.2, 0.25) is 6.08 Å². The fourth-order valence-corrected chi connectivity index (χ4v) is 1.41. The van der Waals surface area contributed by atoms with Crippen LogP contribution in [0.4, 0.5) is 11.4 Å². The first-order valence-electron chi connectivity index (χ1n) is 3.58. The van der Waals surface area contributed by atoms with Crippen molar-refractivity contribution in [2.75, 3.05) is 0 Å². The zero-order valence-electron chi connectivity index (χ0n) is 7.15. The van der Waals surface area contributed by atoms with Gasteiger partial charge in [-0.2, -0.15) is 4.99 Å². The molecule has 0 unspecified atom stereocenters. The highest BCUT2D eigenvalue weighted by molar-refractivity contribution is 9.10. The molecular formula is C8H5BrN2O3. The smallest absolute Gasteiger partial charge is 0.258 e. The highest BCUT2D eigenvalue weighted by Crippen LogP contribution is 2.32. The second-order valence-electron chi connectivity index (χ2n) is 2.55. The number of aryl methyl sites for hydroxylation is 1. The third kappa shape index (κ3) is 2.04. The number of hydrogen-bond donors (Lipinski definition) is 0. The Hall–Kier alpha value is -1.52. The number of aliphatic imine (C=N–C) groups is 1. The van der Waals surface area contributed by atoms with E-state index in [1.807, 2.05) is 0 Å². The topological polar surface area (TPSA) is 72.6 Å². The van der Waals surface area contributed by atoms with Crippen molar-refractivity contribution in [3.8, 4) is 0 Å². The standard InChI is InChI=1S/C8H5BrN2O3/c1-5-2-7(10-4-12)6(9)3-8(5)11(13)14/h2-3H,1H3. The molecule has 0 bridgehead atoms. The lowest BCUT2D eigenvalue weighted by atomic mass is 10.2. The molecule has 0 atom stereocenters. The molecule has 1 aromatic carbocycles. The fraction of sp³-hybridized carbons (Fsp3) is 0.125. The van der Waals surface area contributed by atoms with Crippen LogP contribution in [0, 0.1) is 17.0 Å². The molecule has 0 N–H and O–H groups in total. The first-order chi connectivity index (χ1) is 6.56. The molecular weight excluding hydrogens is 252 g/mol. The summed E-state index contributed by atoms with van der Waals surface area (Å²) in [7, 11) is 0. The summed E-state index contributed by atoms with van der Waals surface area (Å²) in [5, 5.41) is 10.5. The summed E-state index contributed by atoms with van der Waals surface area (Å²) in [5.74, 6) is 0. The van der Waals surface area contributed by atoms with Crippen molar-refractivity contribution >= 4 is 33.4 Å². The van der Waals surface area contributed by atoms with Crippen molar-refractivity contribution in [3.05, 3.63) is 32.3 Å². The van der Waals surface area contributed by atoms with Gasteiger partial charge in [0.25, 0.3) is 5.69 Å². The van der Waals surface area contributed by atoms with Gasteiger partial charge in [0.1, 0.15) is 0 Å². The van der Waals surface area contributed by atoms with Crippen LogP contribution in [-0.2, 0) is 4.79 Å². The normalized spacial score (nSPS) is 9.29. The number of benzene rings is 1. The molecule has 1 aromatic rings. The minimum atomic E-state index is -0.492. The largest absolute Gasteiger partial charge is 0.273 e. The lowest BCUT2D eigenvalue weighted by Gasteiger charge is -2.00. The van der Waals surface area contributed by atoms with Gasteiger partial charge >= 0.3 is 0 Å². The Kier molecular flexibility index (Phi) is 3.11. The van der Waals surface area contributed by atoms with Gasteiger partial charge in [-0.15, -0.1) is 0 Å². The average molecular weight is 257 g/mol. The molecule has 0 fully saturated rings. The molecule has 6 heteroatoms. The van der Waals surface area contributed by atoms with Crippen LogP contribution in [0.3, 0.4) is 0 Å². The third-order valence-corrected chi connectivity index (χ3v) is 2.26. The summed E-state index contributed by atoms with van der Waals surface area (Å²) in [6.07, 6.45) is 1.38. The molecule has 0 amide bonds. The predicted molar refractivity (Wildman–Crippen MR) is 53.3 cm³/mol. The molecule has 14 heavy (non-hydrogen) atoms. The van der Waals surface area contributed by atoms with Gasteiger partial charge < -0.3 is 0 Å². The van der Waals surface area contributed by atoms with Gasteiger partial charge in [-0.3, -0.25) is 10.1 Å². The van der Waals surface area contributed by atoms with Crippen LogP contribution in [-0.4, -0.2) is 11.0 Å². The average Bonchev–Trinajstić information content (AvgIpc) is 2.10. The van der Waals surface area contributed by atoms with Gasteiger partial charge in [-0.05, 0) is 28.9 Å². The number of hydrogen-bond acceptors (Lipinski definition) is 4. The molecule has 0 saturated heterocycles. The molecule has 0 aliphatic heterocycles. The Labute approximate surface area is 87.7 Å². The van der Waals surface area contributed by atoms with Gasteiger partial charge in [-0.25, -0.2) is 4.79 Å². The van der Waals surface area contributed by atoms with Crippen molar-refractivity contribution in [1.82, 2.24) is 0 Å². The summed E-state index contributed by atoms with van der Waals surface area (Å²) >= 11 is 3.07. The summed E-state index contributed by atoms with van der Waals surface area (Å²) in [4.78, 5) is 23.4. The highest BCUT2D eigenvalue weighted by atomic mass is 79.9. The summed E-state index contributed by atoms with van der Waals surface area (Å²) in [5.41, 5.74) is 0.775. The molecule has 0 aliphatic rings. The van der Waals surface area contributed by atoms with Crippen LogP contribution in [0.15, 0.2) is 21.6 Å². The lowest BCUT2D eigenvalue weighted by molar-refractivity contribution is -0.385. The molecule has 0 aliphatic carbocycles.